The maximum Gasteiger partial charge on any atom is 0.269 e. The summed E-state index contributed by atoms with van der Waals surface area (Å²) in [4.78, 5) is 9.43. The quantitative estimate of drug-likeness (QED) is 0.568. The van der Waals surface area contributed by atoms with E-state index in [2.05, 4.69) is 0 Å². The van der Waals surface area contributed by atoms with Gasteiger partial charge in [-0.1, -0.05) is 29.8 Å². The van der Waals surface area contributed by atoms with Crippen LogP contribution in [0.25, 0.3) is 0 Å². The molecule has 0 aliphatic rings. The molecule has 0 amide bonds. The van der Waals surface area contributed by atoms with E-state index in [0.29, 0.717) is 0 Å². The molecule has 0 radical (unpaired) electrons. The van der Waals surface area contributed by atoms with E-state index in [9.17, 15) is 14.5 Å². The molecule has 0 atom stereocenters. The van der Waals surface area contributed by atoms with Crippen molar-refractivity contribution in [3.63, 3.8) is 0 Å². The Labute approximate surface area is 103 Å². The molecule has 0 N–H and O–H groups in total. The Balaban J connectivity index is 0.000000181. The molecule has 0 spiro atoms. The lowest BCUT2D eigenvalue weighted by Crippen LogP contribution is -1.86. The highest BCUT2D eigenvalue weighted by Gasteiger charge is 2.01. The second-order valence-corrected chi connectivity index (χ2v) is 3.47. The van der Waals surface area contributed by atoms with E-state index in [1.165, 1.54) is 0 Å². The van der Waals surface area contributed by atoms with Gasteiger partial charge in [-0.05, 0) is 24.3 Å². The van der Waals surface area contributed by atoms with Gasteiger partial charge in [0, 0.05) is 17.2 Å². The third kappa shape index (κ3) is 5.08. The fourth-order valence-electron chi connectivity index (χ4n) is 0.977. The number of nitrogens with zero attached hydrogens (tertiary/aromatic N) is 1. The van der Waals surface area contributed by atoms with Crippen LogP contribution in [0.4, 0.5) is 10.1 Å². The maximum atomic E-state index is 12.1. The zero-order valence-electron chi connectivity index (χ0n) is 8.72. The van der Waals surface area contributed by atoms with Gasteiger partial charge < -0.3 is 0 Å². The first kappa shape index (κ1) is 13.1. The van der Waals surface area contributed by atoms with Crippen LogP contribution >= 0.6 is 11.6 Å². The molecular formula is C12H9ClFNO2. The van der Waals surface area contributed by atoms with Crippen molar-refractivity contribution in [2.75, 3.05) is 0 Å². The van der Waals surface area contributed by atoms with Gasteiger partial charge in [-0.2, -0.15) is 0 Å². The molecule has 3 nitrogen and oxygen atoms in total. The smallest absolute Gasteiger partial charge is 0.258 e. The highest BCUT2D eigenvalue weighted by molar-refractivity contribution is 6.30. The van der Waals surface area contributed by atoms with Crippen LogP contribution in [0.15, 0.2) is 54.6 Å². The number of nitro benzene ring substituents is 1. The fourth-order valence-corrected chi connectivity index (χ4v) is 1.12. The summed E-state index contributed by atoms with van der Waals surface area (Å²) < 4.78 is 12.1. The van der Waals surface area contributed by atoms with Gasteiger partial charge in [0.05, 0.1) is 4.92 Å². The topological polar surface area (TPSA) is 43.1 Å². The first-order valence-electron chi connectivity index (χ1n) is 4.70. The lowest BCUT2D eigenvalue weighted by molar-refractivity contribution is -0.384. The minimum absolute atomic E-state index is 0.0959. The zero-order valence-corrected chi connectivity index (χ0v) is 9.47. The largest absolute Gasteiger partial charge is 0.269 e. The second-order valence-electron chi connectivity index (χ2n) is 3.03. The van der Waals surface area contributed by atoms with Crippen LogP contribution in [-0.2, 0) is 0 Å². The van der Waals surface area contributed by atoms with Crippen molar-refractivity contribution in [1.82, 2.24) is 0 Å². The molecule has 0 fully saturated rings. The number of nitro groups is 1. The number of hydrogen-bond acceptors (Lipinski definition) is 2. The molecule has 0 saturated carbocycles. The van der Waals surface area contributed by atoms with Gasteiger partial charge in [-0.25, -0.2) is 4.39 Å². The van der Waals surface area contributed by atoms with Gasteiger partial charge in [0.1, 0.15) is 5.82 Å². The summed E-state index contributed by atoms with van der Waals surface area (Å²) in [6, 6.07) is 13.8. The zero-order chi connectivity index (χ0) is 12.7. The normalized spacial score (nSPS) is 9.06. The van der Waals surface area contributed by atoms with E-state index in [-0.39, 0.29) is 5.69 Å². The predicted octanol–water partition coefficient (Wildman–Crippen LogP) is 4.07. The number of halogens is 2. The molecule has 0 aliphatic carbocycles. The lowest BCUT2D eigenvalue weighted by atomic mass is 10.3. The second kappa shape index (κ2) is 6.60. The lowest BCUT2D eigenvalue weighted by Gasteiger charge is -1.87. The molecule has 2 aromatic rings. The van der Waals surface area contributed by atoms with Crippen LogP contribution in [0.2, 0.25) is 5.02 Å². The Bertz CT molecular complexity index is 474. The number of rotatable bonds is 1. The molecular weight excluding hydrogens is 245 g/mol. The number of benzene rings is 2. The van der Waals surface area contributed by atoms with E-state index in [1.807, 2.05) is 30.3 Å². The van der Waals surface area contributed by atoms with Crippen molar-refractivity contribution < 1.29 is 9.31 Å². The SMILES string of the molecule is Clc1ccccc1.O=[N+]([O-])c1ccc(F)cc1. The summed E-state index contributed by atoms with van der Waals surface area (Å²) in [5.41, 5.74) is -0.0959. The van der Waals surface area contributed by atoms with E-state index >= 15 is 0 Å². The van der Waals surface area contributed by atoms with Gasteiger partial charge in [0.2, 0.25) is 0 Å². The van der Waals surface area contributed by atoms with E-state index in [0.717, 1.165) is 29.3 Å². The van der Waals surface area contributed by atoms with Gasteiger partial charge in [-0.3, -0.25) is 10.1 Å². The predicted molar refractivity (Wildman–Crippen MR) is 64.5 cm³/mol. The summed E-state index contributed by atoms with van der Waals surface area (Å²) >= 11 is 5.54. The van der Waals surface area contributed by atoms with Crippen molar-refractivity contribution in [2.45, 2.75) is 0 Å². The van der Waals surface area contributed by atoms with Gasteiger partial charge in [0.25, 0.3) is 5.69 Å². The minimum Gasteiger partial charge on any atom is -0.258 e. The Morgan fingerprint density at radius 3 is 1.88 bits per heavy atom. The summed E-state index contributed by atoms with van der Waals surface area (Å²) in [5.74, 6) is -0.467. The summed E-state index contributed by atoms with van der Waals surface area (Å²) in [5, 5.41) is 10.8. The Morgan fingerprint density at radius 2 is 1.53 bits per heavy atom. The Morgan fingerprint density at radius 1 is 1.00 bits per heavy atom. The highest BCUT2D eigenvalue weighted by Crippen LogP contribution is 2.09. The van der Waals surface area contributed by atoms with Crippen LogP contribution in [0.1, 0.15) is 0 Å². The van der Waals surface area contributed by atoms with Crippen molar-refractivity contribution in [2.24, 2.45) is 0 Å². The molecule has 17 heavy (non-hydrogen) atoms. The molecule has 0 heterocycles. The average molecular weight is 254 g/mol. The summed E-state index contributed by atoms with van der Waals surface area (Å²) in [6.45, 7) is 0. The molecule has 0 unspecified atom stereocenters. The van der Waals surface area contributed by atoms with Crippen LogP contribution in [0, 0.1) is 15.9 Å². The molecule has 5 heteroatoms. The van der Waals surface area contributed by atoms with E-state index < -0.39 is 10.7 Å². The first-order valence-corrected chi connectivity index (χ1v) is 5.08. The molecule has 0 saturated heterocycles. The van der Waals surface area contributed by atoms with Crippen molar-refractivity contribution in [3.05, 3.63) is 75.6 Å². The summed E-state index contributed by atoms with van der Waals surface area (Å²) in [6.07, 6.45) is 0. The van der Waals surface area contributed by atoms with Crippen LogP contribution < -0.4 is 0 Å². The van der Waals surface area contributed by atoms with Crippen LogP contribution in [-0.4, -0.2) is 4.92 Å². The average Bonchev–Trinajstić information content (AvgIpc) is 2.31. The van der Waals surface area contributed by atoms with Gasteiger partial charge in [0.15, 0.2) is 0 Å². The first-order chi connectivity index (χ1) is 8.09. The van der Waals surface area contributed by atoms with Gasteiger partial charge >= 0.3 is 0 Å². The molecule has 2 rings (SSSR count). The molecule has 2 aromatic carbocycles. The highest BCUT2D eigenvalue weighted by atomic mass is 35.5. The third-order valence-electron chi connectivity index (χ3n) is 1.77. The van der Waals surface area contributed by atoms with E-state index in [4.69, 9.17) is 11.6 Å². The van der Waals surface area contributed by atoms with Crippen molar-refractivity contribution in [1.29, 1.82) is 0 Å². The molecule has 0 aromatic heterocycles. The molecule has 88 valence electrons. The van der Waals surface area contributed by atoms with Crippen molar-refractivity contribution >= 4 is 17.3 Å². The maximum absolute atomic E-state index is 12.1. The standard InChI is InChI=1S/C6H5Cl.C6H4FNO2/c7-6-4-2-1-3-5-6;7-5-1-3-6(4-2-5)8(9)10/h1-5H;1-4H. The van der Waals surface area contributed by atoms with E-state index in [1.54, 1.807) is 0 Å². The monoisotopic (exact) mass is 253 g/mol. The Kier molecular flexibility index (Phi) is 5.10. The molecule has 0 aliphatic heterocycles. The summed E-state index contributed by atoms with van der Waals surface area (Å²) in [7, 11) is 0. The van der Waals surface area contributed by atoms with Crippen molar-refractivity contribution in [3.8, 4) is 0 Å². The fraction of sp³-hybridized carbons (Fsp3) is 0. The van der Waals surface area contributed by atoms with Crippen LogP contribution in [0.3, 0.4) is 0 Å². The minimum atomic E-state index is -0.570. The van der Waals surface area contributed by atoms with Crippen LogP contribution in [0.5, 0.6) is 0 Å². The number of hydrogen-bond donors (Lipinski definition) is 0. The third-order valence-corrected chi connectivity index (χ3v) is 2.02. The molecule has 0 bridgehead atoms. The Hall–Kier alpha value is -1.94. The number of non-ortho nitro benzene ring substituents is 1. The van der Waals surface area contributed by atoms with Gasteiger partial charge in [-0.15, -0.1) is 0 Å².